The molecule has 156 valence electrons. The van der Waals surface area contributed by atoms with Crippen molar-refractivity contribution in [2.75, 3.05) is 0 Å². The second-order valence-electron chi connectivity index (χ2n) is 10.7. The monoisotopic (exact) mass is 396 g/mol. The molecule has 0 amide bonds. The Morgan fingerprint density at radius 1 is 1.00 bits per heavy atom. The molecule has 1 fully saturated rings. The predicted octanol–water partition coefficient (Wildman–Crippen LogP) is 8.67. The van der Waals surface area contributed by atoms with Crippen LogP contribution < -0.4 is 0 Å². The molecule has 2 aromatic carbocycles. The number of fused-ring (bicyclic) bond motifs is 1. The minimum atomic E-state index is 0.176. The van der Waals surface area contributed by atoms with E-state index in [9.17, 15) is 0 Å². The first-order valence-electron chi connectivity index (χ1n) is 11.5. The number of aryl methyl sites for hydroxylation is 1. The molecule has 0 heterocycles. The molecular weight excluding hydrogens is 360 g/mol. The van der Waals surface area contributed by atoms with Crippen molar-refractivity contribution in [1.29, 1.82) is 0 Å². The van der Waals surface area contributed by atoms with Gasteiger partial charge < -0.3 is 0 Å². The minimum absolute atomic E-state index is 0.176. The molecule has 4 rings (SSSR count). The Morgan fingerprint density at radius 2 is 1.73 bits per heavy atom. The summed E-state index contributed by atoms with van der Waals surface area (Å²) in [5.41, 5.74) is 11.2. The number of rotatable bonds is 4. The normalized spacial score (nSPS) is 21.1. The van der Waals surface area contributed by atoms with Gasteiger partial charge in [-0.1, -0.05) is 106 Å². The smallest absolute Gasteiger partial charge is 0.00635 e. The maximum Gasteiger partial charge on any atom is -0.00635 e. The third-order valence-electron chi connectivity index (χ3n) is 6.90. The van der Waals surface area contributed by atoms with Crippen molar-refractivity contribution in [1.82, 2.24) is 0 Å². The number of allylic oxidation sites excluding steroid dienone is 5. The van der Waals surface area contributed by atoms with E-state index in [-0.39, 0.29) is 5.41 Å². The molecule has 1 saturated carbocycles. The molecule has 0 spiro atoms. The van der Waals surface area contributed by atoms with Crippen LogP contribution in [0, 0.1) is 18.8 Å². The van der Waals surface area contributed by atoms with E-state index in [1.807, 2.05) is 0 Å². The summed E-state index contributed by atoms with van der Waals surface area (Å²) in [6.07, 6.45) is 9.62. The molecule has 30 heavy (non-hydrogen) atoms. The lowest BCUT2D eigenvalue weighted by atomic mass is 9.83. The van der Waals surface area contributed by atoms with Crippen LogP contribution in [0.3, 0.4) is 0 Å². The van der Waals surface area contributed by atoms with E-state index in [1.165, 1.54) is 58.2 Å². The van der Waals surface area contributed by atoms with Crippen LogP contribution >= 0.6 is 0 Å². The Balaban J connectivity index is 1.59. The van der Waals surface area contributed by atoms with E-state index < -0.39 is 0 Å². The van der Waals surface area contributed by atoms with Crippen molar-refractivity contribution >= 4 is 5.57 Å². The fourth-order valence-corrected chi connectivity index (χ4v) is 5.17. The second-order valence-corrected chi connectivity index (χ2v) is 10.7. The van der Waals surface area contributed by atoms with Gasteiger partial charge in [-0.05, 0) is 77.7 Å². The Labute approximate surface area is 183 Å². The molecule has 2 atom stereocenters. The Hall–Kier alpha value is -2.34. The molecule has 0 radical (unpaired) electrons. The number of benzene rings is 2. The first-order valence-corrected chi connectivity index (χ1v) is 11.5. The molecule has 2 aliphatic rings. The van der Waals surface area contributed by atoms with Crippen molar-refractivity contribution < 1.29 is 0 Å². The molecule has 2 aliphatic carbocycles. The molecule has 2 aromatic rings. The zero-order valence-corrected chi connectivity index (χ0v) is 19.4. The lowest BCUT2D eigenvalue weighted by Crippen LogP contribution is -2.10. The van der Waals surface area contributed by atoms with Crippen LogP contribution in [-0.2, 0) is 5.41 Å². The van der Waals surface area contributed by atoms with E-state index >= 15 is 0 Å². The topological polar surface area (TPSA) is 0 Å². The molecule has 0 N–H and O–H groups in total. The summed E-state index contributed by atoms with van der Waals surface area (Å²) in [6, 6.07) is 15.9. The lowest BCUT2D eigenvalue weighted by molar-refractivity contribution is 0.529. The maximum atomic E-state index is 4.53. The molecule has 0 nitrogen and oxygen atoms in total. The van der Waals surface area contributed by atoms with Crippen molar-refractivity contribution in [3.8, 4) is 11.1 Å². The summed E-state index contributed by atoms with van der Waals surface area (Å²) in [5.74, 6) is 1.62. The van der Waals surface area contributed by atoms with Crippen LogP contribution in [0.2, 0.25) is 0 Å². The average molecular weight is 397 g/mol. The van der Waals surface area contributed by atoms with Gasteiger partial charge in [-0.3, -0.25) is 0 Å². The quantitative estimate of drug-likeness (QED) is 0.485. The van der Waals surface area contributed by atoms with Crippen LogP contribution in [0.5, 0.6) is 0 Å². The van der Waals surface area contributed by atoms with Gasteiger partial charge in [0.2, 0.25) is 0 Å². The summed E-state index contributed by atoms with van der Waals surface area (Å²) in [7, 11) is 0. The van der Waals surface area contributed by atoms with Crippen molar-refractivity contribution in [2.45, 2.75) is 65.7 Å². The van der Waals surface area contributed by atoms with Gasteiger partial charge in [-0.2, -0.15) is 0 Å². The van der Waals surface area contributed by atoms with Crippen LogP contribution in [-0.4, -0.2) is 0 Å². The van der Waals surface area contributed by atoms with Gasteiger partial charge in [-0.25, -0.2) is 0 Å². The fourth-order valence-electron chi connectivity index (χ4n) is 5.17. The van der Waals surface area contributed by atoms with Crippen molar-refractivity contribution in [3.05, 3.63) is 89.0 Å². The lowest BCUT2D eigenvalue weighted by Gasteiger charge is -2.22. The Morgan fingerprint density at radius 3 is 2.43 bits per heavy atom. The average Bonchev–Trinajstić information content (AvgIpc) is 3.06. The SMILES string of the molecule is C=C(CC1=CC=C2CC(C)CC2C1)c1ccc(C)cc1-c1ccc(C(C)(C)C)cc1. The highest BCUT2D eigenvalue weighted by molar-refractivity contribution is 5.82. The van der Waals surface area contributed by atoms with Crippen molar-refractivity contribution in [3.63, 3.8) is 0 Å². The fraction of sp³-hybridized carbons (Fsp3) is 0.400. The predicted molar refractivity (Wildman–Crippen MR) is 132 cm³/mol. The first-order chi connectivity index (χ1) is 14.2. The van der Waals surface area contributed by atoms with E-state index in [4.69, 9.17) is 0 Å². The summed E-state index contributed by atoms with van der Waals surface area (Å²) >= 11 is 0. The van der Waals surface area contributed by atoms with E-state index in [1.54, 1.807) is 5.57 Å². The second kappa shape index (κ2) is 8.06. The summed E-state index contributed by atoms with van der Waals surface area (Å²) < 4.78 is 0. The van der Waals surface area contributed by atoms with E-state index in [0.29, 0.717) is 0 Å². The van der Waals surface area contributed by atoms with Gasteiger partial charge in [0, 0.05) is 0 Å². The van der Waals surface area contributed by atoms with Crippen LogP contribution in [0.1, 0.15) is 70.1 Å². The Kier molecular flexibility index (Phi) is 5.62. The van der Waals surface area contributed by atoms with Gasteiger partial charge in [0.1, 0.15) is 0 Å². The van der Waals surface area contributed by atoms with Gasteiger partial charge in [0.05, 0.1) is 0 Å². The van der Waals surface area contributed by atoms with Gasteiger partial charge in [-0.15, -0.1) is 0 Å². The number of hydrogen-bond donors (Lipinski definition) is 0. The van der Waals surface area contributed by atoms with Crippen LogP contribution in [0.15, 0.2) is 72.3 Å². The maximum absolute atomic E-state index is 4.53. The highest BCUT2D eigenvalue weighted by Crippen LogP contribution is 2.43. The molecule has 2 unspecified atom stereocenters. The third-order valence-corrected chi connectivity index (χ3v) is 6.90. The van der Waals surface area contributed by atoms with Crippen molar-refractivity contribution in [2.24, 2.45) is 11.8 Å². The van der Waals surface area contributed by atoms with E-state index in [0.717, 1.165) is 18.3 Å². The summed E-state index contributed by atoms with van der Waals surface area (Å²) in [4.78, 5) is 0. The van der Waals surface area contributed by atoms with Crippen LogP contribution in [0.25, 0.3) is 16.7 Å². The molecular formula is C30H36. The zero-order valence-electron chi connectivity index (χ0n) is 19.4. The summed E-state index contributed by atoms with van der Waals surface area (Å²) in [6.45, 7) is 15.9. The van der Waals surface area contributed by atoms with Gasteiger partial charge in [0.15, 0.2) is 0 Å². The summed E-state index contributed by atoms with van der Waals surface area (Å²) in [5, 5.41) is 0. The molecule has 0 aromatic heterocycles. The largest absolute Gasteiger partial charge is 0.0949 e. The zero-order chi connectivity index (χ0) is 21.5. The molecule has 0 saturated heterocycles. The Bertz CT molecular complexity index is 1000. The molecule has 0 bridgehead atoms. The highest BCUT2D eigenvalue weighted by Gasteiger charge is 2.28. The first kappa shape index (κ1) is 20.9. The minimum Gasteiger partial charge on any atom is -0.0949 e. The molecule has 0 aliphatic heterocycles. The van der Waals surface area contributed by atoms with Gasteiger partial charge >= 0.3 is 0 Å². The number of hydrogen-bond acceptors (Lipinski definition) is 0. The third kappa shape index (κ3) is 4.38. The van der Waals surface area contributed by atoms with Crippen LogP contribution in [0.4, 0.5) is 0 Å². The van der Waals surface area contributed by atoms with Gasteiger partial charge in [0.25, 0.3) is 0 Å². The standard InChI is InChI=1S/C30H36/c1-20-7-14-28(29(17-20)24-10-12-27(13-11-24)30(4,5)6)22(3)18-23-8-9-25-15-21(2)16-26(25)19-23/h7-14,17,21,26H,3,15-16,18-19H2,1-2,4-6H3. The highest BCUT2D eigenvalue weighted by atomic mass is 14.3. The van der Waals surface area contributed by atoms with E-state index in [2.05, 4.69) is 95.8 Å². The molecule has 0 heteroatoms.